The average Bonchev–Trinajstić information content (AvgIpc) is 2.17. The topological polar surface area (TPSA) is 70.9 Å². The summed E-state index contributed by atoms with van der Waals surface area (Å²) in [5.74, 6) is 0. The summed E-state index contributed by atoms with van der Waals surface area (Å²) in [4.78, 5) is 14.2. The van der Waals surface area contributed by atoms with Gasteiger partial charge in [0, 0.05) is 36.6 Å². The van der Waals surface area contributed by atoms with Gasteiger partial charge in [0.2, 0.25) is 0 Å². The Morgan fingerprint density at radius 1 is 1.64 bits per heavy atom. The van der Waals surface area contributed by atoms with Gasteiger partial charge in [-0.2, -0.15) is 0 Å². The van der Waals surface area contributed by atoms with E-state index in [-0.39, 0.29) is 5.43 Å². The minimum Gasteiger partial charge on any atom is -0.367 e. The highest BCUT2D eigenvalue weighted by Gasteiger charge is 2.01. The standard InChI is InChI=1S/C10H17N3O/c1-8(2-4-11)13-7-9-6-12-5-3-10(9)14/h3,5-6,8,13H,2,4,7,11H2,1H3,(H,12,14). The lowest BCUT2D eigenvalue weighted by Gasteiger charge is -2.11. The number of nitrogens with one attached hydrogen (secondary N) is 2. The molecule has 0 radical (unpaired) electrons. The van der Waals surface area contributed by atoms with E-state index in [1.54, 1.807) is 12.4 Å². The van der Waals surface area contributed by atoms with Crippen LogP contribution in [0.2, 0.25) is 0 Å². The van der Waals surface area contributed by atoms with Crippen LogP contribution in [0.5, 0.6) is 0 Å². The molecule has 1 heterocycles. The Bertz CT molecular complexity index is 321. The van der Waals surface area contributed by atoms with Crippen molar-refractivity contribution in [1.82, 2.24) is 10.3 Å². The molecular weight excluding hydrogens is 178 g/mol. The molecule has 1 rings (SSSR count). The number of aromatic nitrogens is 1. The largest absolute Gasteiger partial charge is 0.367 e. The highest BCUT2D eigenvalue weighted by atomic mass is 16.1. The Morgan fingerprint density at radius 2 is 2.43 bits per heavy atom. The highest BCUT2D eigenvalue weighted by molar-refractivity contribution is 5.08. The minimum atomic E-state index is 0.0659. The van der Waals surface area contributed by atoms with Crippen molar-refractivity contribution < 1.29 is 0 Å². The highest BCUT2D eigenvalue weighted by Crippen LogP contribution is 1.92. The first kappa shape index (κ1) is 10.9. The molecule has 0 fully saturated rings. The number of hydrogen-bond donors (Lipinski definition) is 3. The normalized spacial score (nSPS) is 12.7. The molecule has 4 heteroatoms. The Morgan fingerprint density at radius 3 is 3.07 bits per heavy atom. The molecule has 1 atom stereocenters. The van der Waals surface area contributed by atoms with Gasteiger partial charge in [0.25, 0.3) is 0 Å². The number of pyridine rings is 1. The Kier molecular flexibility index (Phi) is 4.35. The van der Waals surface area contributed by atoms with Crippen molar-refractivity contribution in [2.45, 2.75) is 25.9 Å². The Balaban J connectivity index is 2.46. The molecule has 0 amide bonds. The van der Waals surface area contributed by atoms with E-state index < -0.39 is 0 Å². The smallest absolute Gasteiger partial charge is 0.186 e. The van der Waals surface area contributed by atoms with E-state index in [1.165, 1.54) is 6.07 Å². The van der Waals surface area contributed by atoms with E-state index in [0.29, 0.717) is 19.1 Å². The number of H-pyrrole nitrogens is 1. The van der Waals surface area contributed by atoms with Gasteiger partial charge in [-0.1, -0.05) is 0 Å². The maximum absolute atomic E-state index is 11.3. The monoisotopic (exact) mass is 195 g/mol. The van der Waals surface area contributed by atoms with Crippen LogP contribution in [0, 0.1) is 0 Å². The van der Waals surface area contributed by atoms with Crippen LogP contribution in [0.4, 0.5) is 0 Å². The van der Waals surface area contributed by atoms with Crippen molar-refractivity contribution in [1.29, 1.82) is 0 Å². The fourth-order valence-corrected chi connectivity index (χ4v) is 1.23. The molecule has 1 unspecified atom stereocenters. The maximum atomic E-state index is 11.3. The summed E-state index contributed by atoms with van der Waals surface area (Å²) in [5, 5.41) is 3.24. The van der Waals surface area contributed by atoms with Crippen LogP contribution in [0.25, 0.3) is 0 Å². The molecule has 4 N–H and O–H groups in total. The summed E-state index contributed by atoms with van der Waals surface area (Å²) in [6.45, 7) is 3.32. The van der Waals surface area contributed by atoms with Crippen LogP contribution in [-0.2, 0) is 6.54 Å². The molecule has 0 aliphatic carbocycles. The van der Waals surface area contributed by atoms with Gasteiger partial charge in [-0.15, -0.1) is 0 Å². The fraction of sp³-hybridized carbons (Fsp3) is 0.500. The predicted molar refractivity (Wildman–Crippen MR) is 57.0 cm³/mol. The summed E-state index contributed by atoms with van der Waals surface area (Å²) in [6, 6.07) is 1.88. The minimum absolute atomic E-state index is 0.0659. The van der Waals surface area contributed by atoms with Crippen LogP contribution in [0.3, 0.4) is 0 Å². The molecule has 4 nitrogen and oxygen atoms in total. The lowest BCUT2D eigenvalue weighted by atomic mass is 10.2. The van der Waals surface area contributed by atoms with Crippen LogP contribution in [0.15, 0.2) is 23.3 Å². The summed E-state index contributed by atoms with van der Waals surface area (Å²) >= 11 is 0. The zero-order chi connectivity index (χ0) is 10.4. The quantitative estimate of drug-likeness (QED) is 0.628. The molecular formula is C10H17N3O. The fourth-order valence-electron chi connectivity index (χ4n) is 1.23. The van der Waals surface area contributed by atoms with Crippen LogP contribution in [0.1, 0.15) is 18.9 Å². The zero-order valence-electron chi connectivity index (χ0n) is 8.42. The van der Waals surface area contributed by atoms with Gasteiger partial charge in [0.1, 0.15) is 0 Å². The van der Waals surface area contributed by atoms with Gasteiger partial charge in [-0.3, -0.25) is 4.79 Å². The predicted octanol–water partition coefficient (Wildman–Crippen LogP) is 0.202. The molecule has 0 saturated carbocycles. The second-order valence-corrected chi connectivity index (χ2v) is 3.39. The third-order valence-electron chi connectivity index (χ3n) is 2.15. The summed E-state index contributed by atoms with van der Waals surface area (Å²) in [7, 11) is 0. The van der Waals surface area contributed by atoms with E-state index in [1.807, 2.05) is 0 Å². The third kappa shape index (κ3) is 3.32. The number of aromatic amines is 1. The van der Waals surface area contributed by atoms with Gasteiger partial charge in [-0.05, 0) is 19.9 Å². The Labute approximate surface area is 83.5 Å². The number of rotatable bonds is 5. The SMILES string of the molecule is CC(CCN)NCc1c[nH]ccc1=O. The van der Waals surface area contributed by atoms with Gasteiger partial charge in [-0.25, -0.2) is 0 Å². The zero-order valence-corrected chi connectivity index (χ0v) is 8.42. The second kappa shape index (κ2) is 5.57. The van der Waals surface area contributed by atoms with Crippen molar-refractivity contribution in [3.05, 3.63) is 34.2 Å². The Hall–Kier alpha value is -1.13. The third-order valence-corrected chi connectivity index (χ3v) is 2.15. The van der Waals surface area contributed by atoms with Gasteiger partial charge >= 0.3 is 0 Å². The van der Waals surface area contributed by atoms with Gasteiger partial charge in [0.05, 0.1) is 0 Å². The van der Waals surface area contributed by atoms with Gasteiger partial charge in [0.15, 0.2) is 5.43 Å². The molecule has 0 aliphatic rings. The van der Waals surface area contributed by atoms with E-state index >= 15 is 0 Å². The first-order chi connectivity index (χ1) is 6.74. The van der Waals surface area contributed by atoms with Crippen molar-refractivity contribution in [3.8, 4) is 0 Å². The molecule has 0 aliphatic heterocycles. The summed E-state index contributed by atoms with van der Waals surface area (Å²) in [6.07, 6.45) is 4.28. The lowest BCUT2D eigenvalue weighted by Crippen LogP contribution is -2.29. The average molecular weight is 195 g/mol. The van der Waals surface area contributed by atoms with Crippen LogP contribution < -0.4 is 16.5 Å². The summed E-state index contributed by atoms with van der Waals surface area (Å²) in [5.41, 5.74) is 6.25. The number of nitrogens with two attached hydrogens (primary N) is 1. The second-order valence-electron chi connectivity index (χ2n) is 3.39. The molecule has 0 spiro atoms. The molecule has 0 bridgehead atoms. The maximum Gasteiger partial charge on any atom is 0.186 e. The molecule has 78 valence electrons. The lowest BCUT2D eigenvalue weighted by molar-refractivity contribution is 0.518. The van der Waals surface area contributed by atoms with Crippen LogP contribution >= 0.6 is 0 Å². The van der Waals surface area contributed by atoms with E-state index in [2.05, 4.69) is 17.2 Å². The van der Waals surface area contributed by atoms with E-state index in [9.17, 15) is 4.79 Å². The first-order valence-electron chi connectivity index (χ1n) is 4.83. The molecule has 0 saturated heterocycles. The van der Waals surface area contributed by atoms with Crippen molar-refractivity contribution in [2.24, 2.45) is 5.73 Å². The first-order valence-corrected chi connectivity index (χ1v) is 4.83. The summed E-state index contributed by atoms with van der Waals surface area (Å²) < 4.78 is 0. The van der Waals surface area contributed by atoms with Crippen molar-refractivity contribution >= 4 is 0 Å². The van der Waals surface area contributed by atoms with E-state index in [0.717, 1.165) is 12.0 Å². The van der Waals surface area contributed by atoms with Crippen molar-refractivity contribution in [3.63, 3.8) is 0 Å². The molecule has 1 aromatic rings. The number of hydrogen-bond acceptors (Lipinski definition) is 3. The van der Waals surface area contributed by atoms with Gasteiger partial charge < -0.3 is 16.0 Å². The van der Waals surface area contributed by atoms with Crippen molar-refractivity contribution in [2.75, 3.05) is 6.54 Å². The molecule has 14 heavy (non-hydrogen) atoms. The molecule has 1 aromatic heterocycles. The molecule has 0 aromatic carbocycles. The van der Waals surface area contributed by atoms with E-state index in [4.69, 9.17) is 5.73 Å². The van der Waals surface area contributed by atoms with Crippen LogP contribution in [-0.4, -0.2) is 17.6 Å².